The third kappa shape index (κ3) is 3.66. The minimum absolute atomic E-state index is 0.0440. The summed E-state index contributed by atoms with van der Waals surface area (Å²) in [7, 11) is 0. The molecule has 1 heterocycles. The van der Waals surface area contributed by atoms with Gasteiger partial charge in [-0.2, -0.15) is 0 Å². The van der Waals surface area contributed by atoms with Crippen LogP contribution in [0.15, 0.2) is 60.7 Å². The molecule has 3 unspecified atom stereocenters. The highest BCUT2D eigenvalue weighted by atomic mass is 16.3. The van der Waals surface area contributed by atoms with Crippen molar-refractivity contribution in [2.24, 2.45) is 5.73 Å². The van der Waals surface area contributed by atoms with E-state index in [1.165, 1.54) is 0 Å². The molecule has 2 aromatic rings. The molecule has 3 atom stereocenters. The van der Waals surface area contributed by atoms with E-state index < -0.39 is 12.1 Å². The summed E-state index contributed by atoms with van der Waals surface area (Å²) in [6, 6.07) is 18.5. The minimum Gasteiger partial charge on any atom is -0.388 e. The van der Waals surface area contributed by atoms with Crippen LogP contribution in [-0.2, 0) is 4.79 Å². The number of hydrogen-bond donors (Lipinski definition) is 2. The summed E-state index contributed by atoms with van der Waals surface area (Å²) in [4.78, 5) is 14.6. The molecule has 2 aromatic carbocycles. The molecule has 1 aliphatic heterocycles. The molecule has 0 radical (unpaired) electrons. The van der Waals surface area contributed by atoms with Crippen LogP contribution in [0.2, 0.25) is 0 Å². The summed E-state index contributed by atoms with van der Waals surface area (Å²) >= 11 is 0. The van der Waals surface area contributed by atoms with Gasteiger partial charge in [0.15, 0.2) is 0 Å². The predicted molar refractivity (Wildman–Crippen MR) is 94.1 cm³/mol. The van der Waals surface area contributed by atoms with Gasteiger partial charge in [0.25, 0.3) is 0 Å². The van der Waals surface area contributed by atoms with Crippen LogP contribution in [0.4, 0.5) is 0 Å². The van der Waals surface area contributed by atoms with Crippen molar-refractivity contribution in [3.63, 3.8) is 0 Å². The van der Waals surface area contributed by atoms with E-state index >= 15 is 0 Å². The third-order valence-corrected chi connectivity index (χ3v) is 4.76. The Bertz CT molecular complexity index is 660. The van der Waals surface area contributed by atoms with Crippen LogP contribution in [0.1, 0.15) is 42.5 Å². The molecule has 0 bridgehead atoms. The number of aliphatic hydroxyl groups excluding tert-OH is 1. The van der Waals surface area contributed by atoms with Crippen molar-refractivity contribution < 1.29 is 9.90 Å². The maximum Gasteiger partial charge on any atom is 0.244 e. The van der Waals surface area contributed by atoms with Crippen LogP contribution in [0.25, 0.3) is 0 Å². The van der Waals surface area contributed by atoms with Crippen molar-refractivity contribution in [3.8, 4) is 0 Å². The zero-order valence-corrected chi connectivity index (χ0v) is 13.7. The van der Waals surface area contributed by atoms with Gasteiger partial charge < -0.3 is 15.7 Å². The standard InChI is InChI=1S/C20H24N2O2/c21-19(16-10-5-2-6-11-16)20(24)22-13-7-12-17(22)14-18(23)15-8-3-1-4-9-15/h1-6,8-11,17-19,23H,7,12-14,21H2. The van der Waals surface area contributed by atoms with E-state index in [-0.39, 0.29) is 11.9 Å². The number of hydrogen-bond acceptors (Lipinski definition) is 3. The number of nitrogens with zero attached hydrogens (tertiary/aromatic N) is 1. The molecule has 0 aromatic heterocycles. The van der Waals surface area contributed by atoms with Crippen molar-refractivity contribution in [2.45, 2.75) is 37.5 Å². The van der Waals surface area contributed by atoms with Crippen LogP contribution >= 0.6 is 0 Å². The normalized spacial score (nSPS) is 19.9. The number of nitrogens with two attached hydrogens (primary N) is 1. The van der Waals surface area contributed by atoms with Crippen molar-refractivity contribution in [2.75, 3.05) is 6.54 Å². The van der Waals surface area contributed by atoms with Gasteiger partial charge in [-0.25, -0.2) is 0 Å². The van der Waals surface area contributed by atoms with Crippen molar-refractivity contribution in [1.82, 2.24) is 4.90 Å². The summed E-state index contributed by atoms with van der Waals surface area (Å²) in [5.41, 5.74) is 7.89. The first-order chi connectivity index (χ1) is 11.7. The van der Waals surface area contributed by atoms with Gasteiger partial charge in [-0.1, -0.05) is 60.7 Å². The second-order valence-electron chi connectivity index (χ2n) is 6.38. The molecule has 24 heavy (non-hydrogen) atoms. The molecule has 1 saturated heterocycles. The Hall–Kier alpha value is -2.17. The topological polar surface area (TPSA) is 66.6 Å². The van der Waals surface area contributed by atoms with Gasteiger partial charge in [0, 0.05) is 12.6 Å². The fraction of sp³-hybridized carbons (Fsp3) is 0.350. The SMILES string of the molecule is NC(C(=O)N1CCCC1CC(O)c1ccccc1)c1ccccc1. The van der Waals surface area contributed by atoms with Crippen LogP contribution in [0.3, 0.4) is 0 Å². The Morgan fingerprint density at radius 2 is 1.67 bits per heavy atom. The lowest BCUT2D eigenvalue weighted by Crippen LogP contribution is -2.42. The second-order valence-corrected chi connectivity index (χ2v) is 6.38. The lowest BCUT2D eigenvalue weighted by Gasteiger charge is -2.29. The number of benzene rings is 2. The Balaban J connectivity index is 1.68. The maximum absolute atomic E-state index is 12.8. The van der Waals surface area contributed by atoms with E-state index in [1.807, 2.05) is 65.6 Å². The van der Waals surface area contributed by atoms with Crippen LogP contribution in [0, 0.1) is 0 Å². The first kappa shape index (κ1) is 16.7. The largest absolute Gasteiger partial charge is 0.388 e. The molecule has 4 nitrogen and oxygen atoms in total. The van der Waals surface area contributed by atoms with E-state index in [0.29, 0.717) is 13.0 Å². The van der Waals surface area contributed by atoms with Crippen molar-refractivity contribution in [1.29, 1.82) is 0 Å². The van der Waals surface area contributed by atoms with E-state index in [0.717, 1.165) is 24.0 Å². The van der Waals surface area contributed by atoms with E-state index in [1.54, 1.807) is 0 Å². The van der Waals surface area contributed by atoms with Gasteiger partial charge >= 0.3 is 0 Å². The first-order valence-corrected chi connectivity index (χ1v) is 8.51. The number of amides is 1. The number of carbonyl (C=O) groups is 1. The highest BCUT2D eigenvalue weighted by Crippen LogP contribution is 2.29. The number of carbonyl (C=O) groups excluding carboxylic acids is 1. The van der Waals surface area contributed by atoms with Gasteiger partial charge in [0.1, 0.15) is 6.04 Å². The molecule has 1 fully saturated rings. The molecule has 1 aliphatic rings. The first-order valence-electron chi connectivity index (χ1n) is 8.51. The van der Waals surface area contributed by atoms with Gasteiger partial charge in [-0.15, -0.1) is 0 Å². The van der Waals surface area contributed by atoms with Gasteiger partial charge in [0.05, 0.1) is 6.10 Å². The fourth-order valence-corrected chi connectivity index (χ4v) is 3.42. The summed E-state index contributed by atoms with van der Waals surface area (Å²) in [5, 5.41) is 10.5. The zero-order valence-electron chi connectivity index (χ0n) is 13.7. The van der Waals surface area contributed by atoms with E-state index in [4.69, 9.17) is 5.73 Å². The third-order valence-electron chi connectivity index (χ3n) is 4.76. The van der Waals surface area contributed by atoms with Gasteiger partial charge in [-0.05, 0) is 30.4 Å². The van der Waals surface area contributed by atoms with E-state index in [2.05, 4.69) is 0 Å². The highest BCUT2D eigenvalue weighted by molar-refractivity contribution is 5.83. The molecule has 3 N–H and O–H groups in total. The number of likely N-dealkylation sites (tertiary alicyclic amines) is 1. The van der Waals surface area contributed by atoms with Gasteiger partial charge in [0.2, 0.25) is 5.91 Å². The van der Waals surface area contributed by atoms with Crippen LogP contribution < -0.4 is 5.73 Å². The predicted octanol–water partition coefficient (Wildman–Crippen LogP) is 2.80. The second kappa shape index (κ2) is 7.60. The van der Waals surface area contributed by atoms with Crippen molar-refractivity contribution >= 4 is 5.91 Å². The molecule has 1 amide bonds. The highest BCUT2D eigenvalue weighted by Gasteiger charge is 2.33. The molecule has 4 heteroatoms. The molecular weight excluding hydrogens is 300 g/mol. The molecule has 0 spiro atoms. The Morgan fingerprint density at radius 3 is 2.29 bits per heavy atom. The molecule has 126 valence electrons. The average molecular weight is 324 g/mol. The van der Waals surface area contributed by atoms with Crippen molar-refractivity contribution in [3.05, 3.63) is 71.8 Å². The van der Waals surface area contributed by atoms with Crippen LogP contribution in [0.5, 0.6) is 0 Å². The summed E-state index contributed by atoms with van der Waals surface area (Å²) in [5.74, 6) is -0.0519. The lowest BCUT2D eigenvalue weighted by molar-refractivity contribution is -0.134. The summed E-state index contributed by atoms with van der Waals surface area (Å²) in [6.45, 7) is 0.714. The van der Waals surface area contributed by atoms with Crippen LogP contribution in [-0.4, -0.2) is 28.5 Å². The smallest absolute Gasteiger partial charge is 0.244 e. The molecule has 0 aliphatic carbocycles. The minimum atomic E-state index is -0.638. The fourth-order valence-electron chi connectivity index (χ4n) is 3.42. The molecule has 3 rings (SSSR count). The average Bonchev–Trinajstić information content (AvgIpc) is 3.10. The number of aliphatic hydroxyl groups is 1. The quantitative estimate of drug-likeness (QED) is 0.889. The Morgan fingerprint density at radius 1 is 1.08 bits per heavy atom. The van der Waals surface area contributed by atoms with E-state index in [9.17, 15) is 9.90 Å². The summed E-state index contributed by atoms with van der Waals surface area (Å²) < 4.78 is 0. The lowest BCUT2D eigenvalue weighted by atomic mass is 9.99. The van der Waals surface area contributed by atoms with Gasteiger partial charge in [-0.3, -0.25) is 4.79 Å². The molecular formula is C20H24N2O2. The monoisotopic (exact) mass is 324 g/mol. The Kier molecular flexibility index (Phi) is 5.28. The summed E-state index contributed by atoms with van der Waals surface area (Å²) in [6.07, 6.45) is 1.87. The zero-order chi connectivity index (χ0) is 16.9. The number of rotatable bonds is 5. The Labute approximate surface area is 142 Å². The molecule has 0 saturated carbocycles. The maximum atomic E-state index is 12.8.